The number of nitrogens with zero attached hydrogens (tertiary/aromatic N) is 1. The zero-order valence-electron chi connectivity index (χ0n) is 14.2. The molecule has 0 spiro atoms. The molecule has 2 aliphatic heterocycles. The van der Waals surface area contributed by atoms with Crippen LogP contribution in [0.25, 0.3) is 0 Å². The first kappa shape index (κ1) is 21.8. The minimum absolute atomic E-state index is 0. The minimum atomic E-state index is 0. The van der Waals surface area contributed by atoms with Gasteiger partial charge in [-0.3, -0.25) is 4.90 Å². The third-order valence-corrected chi connectivity index (χ3v) is 5.15. The van der Waals surface area contributed by atoms with E-state index in [2.05, 4.69) is 52.1 Å². The molecule has 1 aromatic carbocycles. The molecular weight excluding hydrogens is 415 g/mol. The Morgan fingerprint density at radius 2 is 1.71 bits per heavy atom. The van der Waals surface area contributed by atoms with Crippen molar-refractivity contribution < 1.29 is 9.47 Å². The molecule has 0 bridgehead atoms. The van der Waals surface area contributed by atoms with Crippen molar-refractivity contribution in [1.82, 2.24) is 10.2 Å². The van der Waals surface area contributed by atoms with Crippen LogP contribution in [-0.4, -0.2) is 37.9 Å². The largest absolute Gasteiger partial charge is 0.454 e. The smallest absolute Gasteiger partial charge is 0.231 e. The van der Waals surface area contributed by atoms with Crippen molar-refractivity contribution in [1.29, 1.82) is 0 Å². The molecule has 3 rings (SSSR count). The fraction of sp³-hybridized carbons (Fsp3) is 0.647. The van der Waals surface area contributed by atoms with E-state index in [1.54, 1.807) is 0 Å². The molecule has 1 fully saturated rings. The Morgan fingerprint density at radius 1 is 1.08 bits per heavy atom. The Bertz CT molecular complexity index is 526. The number of benzene rings is 1. The molecule has 2 aliphatic rings. The molecule has 2 heterocycles. The Kier molecular flexibility index (Phi) is 9.17. The van der Waals surface area contributed by atoms with E-state index in [0.29, 0.717) is 12.8 Å². The average Bonchev–Trinajstić information content (AvgIpc) is 2.95. The predicted octanol–water partition coefficient (Wildman–Crippen LogP) is 4.40. The van der Waals surface area contributed by atoms with Crippen LogP contribution in [0.5, 0.6) is 11.5 Å². The third-order valence-electron chi connectivity index (χ3n) is 4.46. The van der Waals surface area contributed by atoms with E-state index in [9.17, 15) is 0 Å². The first-order chi connectivity index (χ1) is 10.6. The molecule has 1 N–H and O–H groups in total. The summed E-state index contributed by atoms with van der Waals surface area (Å²) in [4.78, 5) is 2.60. The summed E-state index contributed by atoms with van der Waals surface area (Å²) in [7, 11) is 0. The van der Waals surface area contributed by atoms with Gasteiger partial charge in [0.25, 0.3) is 0 Å². The molecule has 1 aromatic rings. The van der Waals surface area contributed by atoms with Gasteiger partial charge in [-0.25, -0.2) is 0 Å². The summed E-state index contributed by atoms with van der Waals surface area (Å²) in [6, 6.07) is 4.66. The highest BCUT2D eigenvalue weighted by atomic mass is 79.9. The number of halogens is 3. The van der Waals surface area contributed by atoms with Crippen LogP contribution in [0.4, 0.5) is 0 Å². The van der Waals surface area contributed by atoms with E-state index < -0.39 is 0 Å². The Hall–Kier alpha value is -0.200. The van der Waals surface area contributed by atoms with E-state index in [0.717, 1.165) is 48.1 Å². The van der Waals surface area contributed by atoms with Gasteiger partial charge in [0.05, 0.1) is 0 Å². The molecule has 0 amide bonds. The van der Waals surface area contributed by atoms with Crippen molar-refractivity contribution in [2.45, 2.75) is 32.7 Å². The lowest BCUT2D eigenvalue weighted by Gasteiger charge is -2.36. The molecule has 0 aromatic heterocycles. The number of rotatable bonds is 5. The van der Waals surface area contributed by atoms with Crippen LogP contribution in [-0.2, 0) is 0 Å². The Labute approximate surface area is 165 Å². The average molecular weight is 442 g/mol. The highest BCUT2D eigenvalue weighted by molar-refractivity contribution is 9.10. The summed E-state index contributed by atoms with van der Waals surface area (Å²) in [6.45, 7) is 9.26. The van der Waals surface area contributed by atoms with Gasteiger partial charge in [0.1, 0.15) is 0 Å². The van der Waals surface area contributed by atoms with Crippen LogP contribution in [0.2, 0.25) is 0 Å². The zero-order valence-corrected chi connectivity index (χ0v) is 17.4. The highest BCUT2D eigenvalue weighted by Crippen LogP contribution is 2.41. The Balaban J connectivity index is 0.00000144. The van der Waals surface area contributed by atoms with Crippen LogP contribution in [0, 0.1) is 5.92 Å². The van der Waals surface area contributed by atoms with Gasteiger partial charge in [0.15, 0.2) is 11.5 Å². The maximum Gasteiger partial charge on any atom is 0.231 e. The lowest BCUT2D eigenvalue weighted by molar-refractivity contribution is 0.158. The summed E-state index contributed by atoms with van der Waals surface area (Å²) in [5.41, 5.74) is 1.33. The first-order valence-corrected chi connectivity index (χ1v) is 8.98. The summed E-state index contributed by atoms with van der Waals surface area (Å²) >= 11 is 3.75. The van der Waals surface area contributed by atoms with Crippen LogP contribution in [0.15, 0.2) is 16.6 Å². The number of fused-ring (bicyclic) bond motifs is 1. The van der Waals surface area contributed by atoms with E-state index in [4.69, 9.17) is 9.47 Å². The lowest BCUT2D eigenvalue weighted by atomic mass is 9.95. The van der Waals surface area contributed by atoms with Crippen molar-refractivity contribution in [3.8, 4) is 11.5 Å². The van der Waals surface area contributed by atoms with Crippen molar-refractivity contribution in [3.63, 3.8) is 0 Å². The second-order valence-corrected chi connectivity index (χ2v) is 7.35. The van der Waals surface area contributed by atoms with Gasteiger partial charge in [0, 0.05) is 36.7 Å². The van der Waals surface area contributed by atoms with Gasteiger partial charge in [-0.2, -0.15) is 0 Å². The molecule has 1 atom stereocenters. The molecular formula is C17H27BrCl2N2O2. The van der Waals surface area contributed by atoms with Gasteiger partial charge in [0.2, 0.25) is 6.79 Å². The lowest BCUT2D eigenvalue weighted by Crippen LogP contribution is -2.45. The van der Waals surface area contributed by atoms with Crippen molar-refractivity contribution in [3.05, 3.63) is 22.2 Å². The van der Waals surface area contributed by atoms with Gasteiger partial charge >= 0.3 is 0 Å². The number of nitrogens with one attached hydrogen (secondary N) is 1. The van der Waals surface area contributed by atoms with Crippen LogP contribution in [0.3, 0.4) is 0 Å². The molecule has 138 valence electrons. The molecule has 24 heavy (non-hydrogen) atoms. The first-order valence-electron chi connectivity index (χ1n) is 8.19. The molecule has 1 saturated heterocycles. The monoisotopic (exact) mass is 440 g/mol. The van der Waals surface area contributed by atoms with E-state index in [1.807, 2.05) is 0 Å². The molecule has 7 heteroatoms. The fourth-order valence-electron chi connectivity index (χ4n) is 3.21. The van der Waals surface area contributed by atoms with Gasteiger partial charge < -0.3 is 14.8 Å². The molecule has 0 radical (unpaired) electrons. The van der Waals surface area contributed by atoms with E-state index >= 15 is 0 Å². The fourth-order valence-corrected chi connectivity index (χ4v) is 3.79. The normalized spacial score (nSPS) is 18.0. The second-order valence-electron chi connectivity index (χ2n) is 6.50. The molecule has 0 saturated carbocycles. The predicted molar refractivity (Wildman–Crippen MR) is 106 cm³/mol. The van der Waals surface area contributed by atoms with Gasteiger partial charge in [-0.15, -0.1) is 24.8 Å². The van der Waals surface area contributed by atoms with Crippen molar-refractivity contribution in [2.24, 2.45) is 5.92 Å². The number of hydrogen-bond donors (Lipinski definition) is 1. The minimum Gasteiger partial charge on any atom is -0.454 e. The maximum absolute atomic E-state index is 5.58. The van der Waals surface area contributed by atoms with Crippen LogP contribution >= 0.6 is 40.7 Å². The standard InChI is InChI=1S/C17H25BrN2O2.2ClH/c1-12(2)3-4-15(20-7-5-19-6-8-20)13-9-16-17(10-14(13)18)22-11-21-16;;/h9-10,12,15,19H,3-8,11H2,1-2H3;2*1H/t15-;;/m0../s1. The van der Waals surface area contributed by atoms with E-state index in [1.165, 1.54) is 18.4 Å². The molecule has 0 aliphatic carbocycles. The summed E-state index contributed by atoms with van der Waals surface area (Å²) < 4.78 is 12.2. The van der Waals surface area contributed by atoms with Crippen molar-refractivity contribution >= 4 is 40.7 Å². The topological polar surface area (TPSA) is 33.7 Å². The van der Waals surface area contributed by atoms with Crippen LogP contribution in [0.1, 0.15) is 38.3 Å². The van der Waals surface area contributed by atoms with Crippen LogP contribution < -0.4 is 14.8 Å². The zero-order chi connectivity index (χ0) is 15.5. The third kappa shape index (κ3) is 5.15. The van der Waals surface area contributed by atoms with Crippen molar-refractivity contribution in [2.75, 3.05) is 33.0 Å². The van der Waals surface area contributed by atoms with Gasteiger partial charge in [-0.1, -0.05) is 29.8 Å². The SMILES string of the molecule is CC(C)CC[C@@H](c1cc2c(cc1Br)OCO2)N1CCNCC1.Cl.Cl. The highest BCUT2D eigenvalue weighted by Gasteiger charge is 2.26. The number of ether oxygens (including phenoxy) is 2. The van der Waals surface area contributed by atoms with Gasteiger partial charge in [-0.05, 0) is 36.5 Å². The summed E-state index contributed by atoms with van der Waals surface area (Å²) in [6.07, 6.45) is 2.41. The summed E-state index contributed by atoms with van der Waals surface area (Å²) in [5, 5.41) is 3.44. The second kappa shape index (κ2) is 10.1. The molecule has 4 nitrogen and oxygen atoms in total. The Morgan fingerprint density at radius 3 is 2.33 bits per heavy atom. The summed E-state index contributed by atoms with van der Waals surface area (Å²) in [5.74, 6) is 2.44. The number of piperazine rings is 1. The number of hydrogen-bond acceptors (Lipinski definition) is 4. The quantitative estimate of drug-likeness (QED) is 0.733. The maximum atomic E-state index is 5.58. The molecule has 0 unspecified atom stereocenters. The van der Waals surface area contributed by atoms with E-state index in [-0.39, 0.29) is 24.8 Å².